The molecule has 0 aliphatic heterocycles. The van der Waals surface area contributed by atoms with Gasteiger partial charge in [0.1, 0.15) is 5.75 Å². The molecule has 0 aromatic heterocycles. The number of methoxy groups -OCH3 is 1. The maximum Gasteiger partial charge on any atom is 0.261 e. The highest BCUT2D eigenvalue weighted by Gasteiger charge is 2.17. The van der Waals surface area contributed by atoms with Crippen molar-refractivity contribution in [2.45, 2.75) is 4.90 Å². The van der Waals surface area contributed by atoms with E-state index in [2.05, 4.69) is 4.72 Å². The Hall–Kier alpha value is -0.700. The van der Waals surface area contributed by atoms with Gasteiger partial charge in [-0.1, -0.05) is 23.2 Å². The van der Waals surface area contributed by atoms with Crippen molar-refractivity contribution in [1.29, 1.82) is 0 Å². The van der Waals surface area contributed by atoms with Crippen LogP contribution in [0.4, 0.5) is 5.69 Å². The van der Waals surface area contributed by atoms with Crippen LogP contribution in [-0.4, -0.2) is 15.5 Å². The molecule has 0 saturated heterocycles. The minimum Gasteiger partial charge on any atom is -0.496 e. The first-order valence-corrected chi connectivity index (χ1v) is 8.96. The molecular weight excluding hydrogens is 448 g/mol. The number of anilines is 1. The van der Waals surface area contributed by atoms with E-state index >= 15 is 0 Å². The van der Waals surface area contributed by atoms with Gasteiger partial charge in [0.05, 0.1) is 26.3 Å². The lowest BCUT2D eigenvalue weighted by Gasteiger charge is -2.11. The molecule has 0 aliphatic carbocycles. The van der Waals surface area contributed by atoms with E-state index in [0.29, 0.717) is 14.3 Å². The Bertz CT molecular complexity index is 781. The van der Waals surface area contributed by atoms with Gasteiger partial charge in [0.15, 0.2) is 0 Å². The standard InChI is InChI=1S/C13H10Cl2INO3S/c1-20-13-5-3-9(7-11(13)16)21(18,19)17-12-6-8(14)2-4-10(12)15/h2-7,17H,1H3. The zero-order valence-corrected chi connectivity index (χ0v) is 15.2. The van der Waals surface area contributed by atoms with Crippen molar-refractivity contribution in [3.05, 3.63) is 50.0 Å². The van der Waals surface area contributed by atoms with Gasteiger partial charge in [-0.15, -0.1) is 0 Å². The number of ether oxygens (including phenoxy) is 1. The van der Waals surface area contributed by atoms with E-state index in [-0.39, 0.29) is 15.6 Å². The van der Waals surface area contributed by atoms with E-state index in [4.69, 9.17) is 27.9 Å². The molecule has 2 rings (SSSR count). The molecule has 0 fully saturated rings. The van der Waals surface area contributed by atoms with E-state index in [1.165, 1.54) is 31.4 Å². The Morgan fingerprint density at radius 1 is 1.14 bits per heavy atom. The smallest absolute Gasteiger partial charge is 0.261 e. The molecule has 0 atom stereocenters. The number of sulfonamides is 1. The van der Waals surface area contributed by atoms with Gasteiger partial charge in [-0.2, -0.15) is 0 Å². The van der Waals surface area contributed by atoms with Crippen molar-refractivity contribution in [2.24, 2.45) is 0 Å². The van der Waals surface area contributed by atoms with E-state index < -0.39 is 10.0 Å². The summed E-state index contributed by atoms with van der Waals surface area (Å²) in [7, 11) is -2.23. The highest BCUT2D eigenvalue weighted by atomic mass is 127. The van der Waals surface area contributed by atoms with Crippen molar-refractivity contribution in [1.82, 2.24) is 0 Å². The van der Waals surface area contributed by atoms with Gasteiger partial charge in [0, 0.05) is 5.02 Å². The number of nitrogens with one attached hydrogen (secondary N) is 1. The molecule has 21 heavy (non-hydrogen) atoms. The molecule has 0 radical (unpaired) electrons. The number of hydrogen-bond donors (Lipinski definition) is 1. The van der Waals surface area contributed by atoms with Crippen molar-refractivity contribution in [2.75, 3.05) is 11.8 Å². The average Bonchev–Trinajstić information content (AvgIpc) is 2.42. The maximum atomic E-state index is 12.4. The van der Waals surface area contributed by atoms with Crippen LogP contribution in [0.2, 0.25) is 10.0 Å². The molecule has 0 spiro atoms. The van der Waals surface area contributed by atoms with Gasteiger partial charge in [0.2, 0.25) is 0 Å². The Labute approximate surface area is 146 Å². The Balaban J connectivity index is 2.38. The van der Waals surface area contributed by atoms with Crippen LogP contribution in [0, 0.1) is 3.57 Å². The summed E-state index contributed by atoms with van der Waals surface area (Å²) >= 11 is 13.8. The number of rotatable bonds is 4. The quantitative estimate of drug-likeness (QED) is 0.692. The largest absolute Gasteiger partial charge is 0.496 e. The van der Waals surface area contributed by atoms with E-state index in [9.17, 15) is 8.42 Å². The number of hydrogen-bond acceptors (Lipinski definition) is 3. The lowest BCUT2D eigenvalue weighted by Crippen LogP contribution is -2.13. The summed E-state index contributed by atoms with van der Waals surface area (Å²) in [5.74, 6) is 0.607. The van der Waals surface area contributed by atoms with Crippen LogP contribution in [0.25, 0.3) is 0 Å². The topological polar surface area (TPSA) is 55.4 Å². The lowest BCUT2D eigenvalue weighted by atomic mass is 10.3. The minimum atomic E-state index is -3.75. The molecule has 1 N–H and O–H groups in total. The average molecular weight is 458 g/mol. The van der Waals surface area contributed by atoms with Crippen molar-refractivity contribution >= 4 is 61.5 Å². The van der Waals surface area contributed by atoms with Crippen LogP contribution in [0.1, 0.15) is 0 Å². The second-order valence-corrected chi connectivity index (χ2v) is 7.71. The van der Waals surface area contributed by atoms with Crippen LogP contribution in [-0.2, 0) is 10.0 Å². The third-order valence-corrected chi connectivity index (χ3v) is 5.38. The first kappa shape index (κ1) is 16.7. The van der Waals surface area contributed by atoms with Gasteiger partial charge >= 0.3 is 0 Å². The van der Waals surface area contributed by atoms with E-state index in [0.717, 1.165) is 0 Å². The summed E-state index contributed by atoms with van der Waals surface area (Å²) in [4.78, 5) is 0.115. The molecule has 2 aromatic rings. The Morgan fingerprint density at radius 3 is 2.48 bits per heavy atom. The molecule has 0 amide bonds. The predicted octanol–water partition coefficient (Wildman–Crippen LogP) is 4.41. The molecule has 0 aliphatic rings. The first-order valence-electron chi connectivity index (χ1n) is 5.65. The minimum absolute atomic E-state index is 0.115. The van der Waals surface area contributed by atoms with Gasteiger partial charge in [-0.25, -0.2) is 8.42 Å². The molecule has 0 bridgehead atoms. The third kappa shape index (κ3) is 3.94. The monoisotopic (exact) mass is 457 g/mol. The second-order valence-electron chi connectivity index (χ2n) is 4.03. The highest BCUT2D eigenvalue weighted by molar-refractivity contribution is 14.1. The van der Waals surface area contributed by atoms with Gasteiger partial charge in [-0.3, -0.25) is 4.72 Å². The summed E-state index contributed by atoms with van der Waals surface area (Å²) in [5, 5.41) is 0.660. The fourth-order valence-corrected chi connectivity index (χ4v) is 4.03. The summed E-state index contributed by atoms with van der Waals surface area (Å²) < 4.78 is 32.9. The lowest BCUT2D eigenvalue weighted by molar-refractivity contribution is 0.411. The predicted molar refractivity (Wildman–Crippen MR) is 93.0 cm³/mol. The molecule has 8 heteroatoms. The Kier molecular flexibility index (Phi) is 5.24. The highest BCUT2D eigenvalue weighted by Crippen LogP contribution is 2.29. The van der Waals surface area contributed by atoms with Gasteiger partial charge in [-0.05, 0) is 59.0 Å². The van der Waals surface area contributed by atoms with Crippen LogP contribution >= 0.6 is 45.8 Å². The molecule has 112 valence electrons. The molecule has 0 unspecified atom stereocenters. The molecule has 0 heterocycles. The fraction of sp³-hybridized carbons (Fsp3) is 0.0769. The van der Waals surface area contributed by atoms with Crippen LogP contribution in [0.15, 0.2) is 41.3 Å². The van der Waals surface area contributed by atoms with Crippen LogP contribution in [0.5, 0.6) is 5.75 Å². The van der Waals surface area contributed by atoms with Gasteiger partial charge < -0.3 is 4.74 Å². The summed E-state index contributed by atoms with van der Waals surface area (Å²) in [6, 6.07) is 9.13. The number of benzene rings is 2. The molecule has 2 aromatic carbocycles. The number of halogens is 3. The molecular formula is C13H10Cl2INO3S. The second kappa shape index (κ2) is 6.60. The van der Waals surface area contributed by atoms with Crippen LogP contribution in [0.3, 0.4) is 0 Å². The Morgan fingerprint density at radius 2 is 1.86 bits per heavy atom. The molecule has 0 saturated carbocycles. The normalized spacial score (nSPS) is 11.2. The SMILES string of the molecule is COc1ccc(S(=O)(=O)Nc2cc(Cl)ccc2Cl)cc1I. The fourth-order valence-electron chi connectivity index (χ4n) is 1.59. The summed E-state index contributed by atoms with van der Waals surface area (Å²) in [5.41, 5.74) is 0.231. The zero-order chi connectivity index (χ0) is 15.6. The van der Waals surface area contributed by atoms with E-state index in [1.54, 1.807) is 12.1 Å². The van der Waals surface area contributed by atoms with Crippen molar-refractivity contribution in [3.8, 4) is 5.75 Å². The van der Waals surface area contributed by atoms with Crippen LogP contribution < -0.4 is 9.46 Å². The van der Waals surface area contributed by atoms with Crippen molar-refractivity contribution < 1.29 is 13.2 Å². The maximum absolute atomic E-state index is 12.4. The van der Waals surface area contributed by atoms with Crippen molar-refractivity contribution in [3.63, 3.8) is 0 Å². The van der Waals surface area contributed by atoms with Gasteiger partial charge in [0.25, 0.3) is 10.0 Å². The summed E-state index contributed by atoms with van der Waals surface area (Å²) in [6.45, 7) is 0. The third-order valence-electron chi connectivity index (χ3n) is 2.61. The first-order chi connectivity index (χ1) is 9.83. The zero-order valence-electron chi connectivity index (χ0n) is 10.7. The summed E-state index contributed by atoms with van der Waals surface area (Å²) in [6.07, 6.45) is 0. The van der Waals surface area contributed by atoms with E-state index in [1.807, 2.05) is 22.6 Å². The molecule has 4 nitrogen and oxygen atoms in total.